The molecule has 3 aromatic rings. The van der Waals surface area contributed by atoms with Crippen LogP contribution < -0.4 is 10.9 Å². The number of benzene rings is 2. The number of nitrogens with zero attached hydrogens (tertiary/aromatic N) is 2. The third-order valence-corrected chi connectivity index (χ3v) is 9.04. The van der Waals surface area contributed by atoms with Gasteiger partial charge in [-0.3, -0.25) is 15.6 Å². The van der Waals surface area contributed by atoms with E-state index in [-0.39, 0.29) is 16.8 Å². The number of amides is 1. The first-order chi connectivity index (χ1) is 15.3. The number of anilines is 1. The number of piperidine rings is 1. The molecular weight excluding hydrogens is 444 g/mol. The molecular formula is C23H28N4O3S2. The number of hydrazine groups is 1. The molecule has 1 fully saturated rings. The number of carbonyl (C=O) groups is 1. The molecule has 0 aliphatic carbocycles. The number of rotatable bonds is 6. The largest absolute Gasteiger partial charge is 0.273 e. The number of aromatic nitrogens is 1. The highest BCUT2D eigenvalue weighted by Crippen LogP contribution is 2.29. The standard InChI is InChI=1S/C23H28N4O3S2/c1-4-18-7-5-6-14-27(18)32(29,30)19-11-9-17(10-12-19)22(28)25-26-23-24-21-16(3)15(2)8-13-20(21)31-23/h8-13,18H,4-7,14H2,1-3H3,(H,24,26)(H,25,28)/t18-/m1/s1. The summed E-state index contributed by atoms with van der Waals surface area (Å²) in [6.45, 7) is 6.64. The van der Waals surface area contributed by atoms with Crippen molar-refractivity contribution in [2.24, 2.45) is 0 Å². The average molecular weight is 473 g/mol. The van der Waals surface area contributed by atoms with Crippen molar-refractivity contribution in [2.45, 2.75) is 57.4 Å². The zero-order chi connectivity index (χ0) is 22.9. The van der Waals surface area contributed by atoms with Crippen LogP contribution in [0.5, 0.6) is 0 Å². The van der Waals surface area contributed by atoms with Crippen LogP contribution in [-0.2, 0) is 10.0 Å². The topological polar surface area (TPSA) is 91.4 Å². The Morgan fingerprint density at radius 1 is 1.16 bits per heavy atom. The SMILES string of the molecule is CC[C@@H]1CCCCN1S(=O)(=O)c1ccc(C(=O)NNc2nc3c(C)c(C)ccc3s2)cc1. The van der Waals surface area contributed by atoms with Gasteiger partial charge in [-0.25, -0.2) is 13.4 Å². The van der Waals surface area contributed by atoms with E-state index in [1.807, 2.05) is 26.8 Å². The monoisotopic (exact) mass is 472 g/mol. The Hall–Kier alpha value is -2.49. The van der Waals surface area contributed by atoms with E-state index in [9.17, 15) is 13.2 Å². The summed E-state index contributed by atoms with van der Waals surface area (Å²) in [5.41, 5.74) is 9.10. The first-order valence-corrected chi connectivity index (χ1v) is 13.1. The lowest BCUT2D eigenvalue weighted by Crippen LogP contribution is -2.43. The lowest BCUT2D eigenvalue weighted by Gasteiger charge is -2.34. The first kappa shape index (κ1) is 22.7. The minimum Gasteiger partial charge on any atom is -0.273 e. The summed E-state index contributed by atoms with van der Waals surface area (Å²) >= 11 is 1.46. The van der Waals surface area contributed by atoms with Gasteiger partial charge in [-0.15, -0.1) is 0 Å². The van der Waals surface area contributed by atoms with Gasteiger partial charge in [0.15, 0.2) is 0 Å². The average Bonchev–Trinajstić information content (AvgIpc) is 3.24. The second-order valence-corrected chi connectivity index (χ2v) is 11.1. The lowest BCUT2D eigenvalue weighted by molar-refractivity contribution is 0.0962. The zero-order valence-electron chi connectivity index (χ0n) is 18.5. The fourth-order valence-electron chi connectivity index (χ4n) is 4.07. The molecule has 0 bridgehead atoms. The molecule has 0 radical (unpaired) electrons. The number of hydrogen-bond donors (Lipinski definition) is 2. The van der Waals surface area contributed by atoms with Gasteiger partial charge >= 0.3 is 0 Å². The maximum Gasteiger partial charge on any atom is 0.269 e. The Morgan fingerprint density at radius 2 is 1.91 bits per heavy atom. The van der Waals surface area contributed by atoms with Crippen molar-refractivity contribution in [2.75, 3.05) is 12.0 Å². The van der Waals surface area contributed by atoms with Crippen LogP contribution >= 0.6 is 11.3 Å². The molecule has 9 heteroatoms. The van der Waals surface area contributed by atoms with Gasteiger partial charge < -0.3 is 0 Å². The smallest absolute Gasteiger partial charge is 0.269 e. The number of nitrogens with one attached hydrogen (secondary N) is 2. The molecule has 2 heterocycles. The minimum atomic E-state index is -3.57. The van der Waals surface area contributed by atoms with Crippen molar-refractivity contribution >= 4 is 42.6 Å². The molecule has 0 saturated carbocycles. The van der Waals surface area contributed by atoms with E-state index < -0.39 is 10.0 Å². The Labute approximate surface area is 192 Å². The molecule has 2 aromatic carbocycles. The number of carbonyl (C=O) groups excluding carboxylic acids is 1. The second-order valence-electron chi connectivity index (χ2n) is 8.15. The molecule has 7 nitrogen and oxygen atoms in total. The number of thiazole rings is 1. The van der Waals surface area contributed by atoms with Crippen molar-refractivity contribution in [3.05, 3.63) is 53.1 Å². The van der Waals surface area contributed by atoms with Crippen molar-refractivity contribution in [1.29, 1.82) is 0 Å². The van der Waals surface area contributed by atoms with Crippen molar-refractivity contribution < 1.29 is 13.2 Å². The highest BCUT2D eigenvalue weighted by atomic mass is 32.2. The first-order valence-electron chi connectivity index (χ1n) is 10.9. The van der Waals surface area contributed by atoms with Crippen molar-refractivity contribution in [3.8, 4) is 0 Å². The van der Waals surface area contributed by atoms with Crippen LogP contribution in [0.2, 0.25) is 0 Å². The number of hydrogen-bond acceptors (Lipinski definition) is 6. The number of fused-ring (bicyclic) bond motifs is 1. The van der Waals surface area contributed by atoms with Crippen LogP contribution in [0, 0.1) is 13.8 Å². The normalized spacial score (nSPS) is 17.4. The molecule has 0 spiro atoms. The van der Waals surface area contributed by atoms with Gasteiger partial charge in [-0.05, 0) is 74.6 Å². The third kappa shape index (κ3) is 4.37. The number of sulfonamides is 1. The predicted molar refractivity (Wildman–Crippen MR) is 128 cm³/mol. The Morgan fingerprint density at radius 3 is 2.62 bits per heavy atom. The predicted octanol–water partition coefficient (Wildman–Crippen LogP) is 4.62. The maximum atomic E-state index is 13.1. The summed E-state index contributed by atoms with van der Waals surface area (Å²) in [7, 11) is -3.57. The van der Waals surface area contributed by atoms with Gasteiger partial charge in [0.1, 0.15) is 0 Å². The van der Waals surface area contributed by atoms with Gasteiger partial charge in [-0.1, -0.05) is 30.7 Å². The highest BCUT2D eigenvalue weighted by molar-refractivity contribution is 7.89. The molecule has 4 rings (SSSR count). The fourth-order valence-corrected chi connectivity index (χ4v) is 6.72. The van der Waals surface area contributed by atoms with E-state index in [1.54, 1.807) is 16.4 Å². The lowest BCUT2D eigenvalue weighted by atomic mass is 10.0. The molecule has 1 aliphatic rings. The van der Waals surface area contributed by atoms with Crippen LogP contribution in [-0.4, -0.2) is 36.2 Å². The summed E-state index contributed by atoms with van der Waals surface area (Å²) in [6.07, 6.45) is 3.64. The van der Waals surface area contributed by atoms with Crippen LogP contribution in [0.3, 0.4) is 0 Å². The van der Waals surface area contributed by atoms with E-state index in [0.29, 0.717) is 17.2 Å². The van der Waals surface area contributed by atoms with Crippen molar-refractivity contribution in [3.63, 3.8) is 0 Å². The molecule has 170 valence electrons. The molecule has 1 aromatic heterocycles. The molecule has 1 aliphatic heterocycles. The number of aryl methyl sites for hydroxylation is 2. The maximum absolute atomic E-state index is 13.1. The Kier molecular flexibility index (Phi) is 6.50. The van der Waals surface area contributed by atoms with E-state index in [1.165, 1.54) is 29.0 Å². The molecule has 2 N–H and O–H groups in total. The molecule has 1 saturated heterocycles. The van der Waals surface area contributed by atoms with Gasteiger partial charge in [0.25, 0.3) is 5.91 Å². The second kappa shape index (κ2) is 9.17. The van der Waals surface area contributed by atoms with Crippen LogP contribution in [0.4, 0.5) is 5.13 Å². The van der Waals surface area contributed by atoms with E-state index in [2.05, 4.69) is 21.9 Å². The van der Waals surface area contributed by atoms with E-state index >= 15 is 0 Å². The van der Waals surface area contributed by atoms with E-state index in [0.717, 1.165) is 41.5 Å². The Bertz CT molecular complexity index is 1240. The Balaban J connectivity index is 1.45. The fraction of sp³-hybridized carbons (Fsp3) is 0.391. The summed E-state index contributed by atoms with van der Waals surface area (Å²) < 4.78 is 28.8. The van der Waals surface area contributed by atoms with Crippen molar-refractivity contribution in [1.82, 2.24) is 14.7 Å². The summed E-state index contributed by atoms with van der Waals surface area (Å²) in [5, 5.41) is 0.594. The summed E-state index contributed by atoms with van der Waals surface area (Å²) in [5.74, 6) is -0.356. The van der Waals surface area contributed by atoms with Gasteiger partial charge in [-0.2, -0.15) is 4.31 Å². The van der Waals surface area contributed by atoms with E-state index in [4.69, 9.17) is 0 Å². The third-order valence-electron chi connectivity index (χ3n) is 6.14. The molecule has 1 amide bonds. The van der Waals surface area contributed by atoms with Crippen LogP contribution in [0.25, 0.3) is 10.2 Å². The molecule has 1 atom stereocenters. The van der Waals surface area contributed by atoms with Gasteiger partial charge in [0.2, 0.25) is 15.2 Å². The van der Waals surface area contributed by atoms with Crippen LogP contribution in [0.15, 0.2) is 41.3 Å². The van der Waals surface area contributed by atoms with Gasteiger partial charge in [0, 0.05) is 18.2 Å². The molecule has 0 unspecified atom stereocenters. The van der Waals surface area contributed by atoms with Gasteiger partial charge in [0.05, 0.1) is 15.1 Å². The quantitative estimate of drug-likeness (QED) is 0.511. The van der Waals surface area contributed by atoms with Crippen LogP contribution in [0.1, 0.15) is 54.1 Å². The molecule has 32 heavy (non-hydrogen) atoms. The minimum absolute atomic E-state index is 0.0437. The zero-order valence-corrected chi connectivity index (χ0v) is 20.1. The summed E-state index contributed by atoms with van der Waals surface area (Å²) in [4.78, 5) is 17.3. The highest BCUT2D eigenvalue weighted by Gasteiger charge is 2.32. The summed E-state index contributed by atoms with van der Waals surface area (Å²) in [6, 6.07) is 10.2.